The first kappa shape index (κ1) is 22.5. The van der Waals surface area contributed by atoms with Gasteiger partial charge in [0.2, 0.25) is 5.91 Å². The quantitative estimate of drug-likeness (QED) is 0.362. The molecule has 1 aliphatic heterocycles. The van der Waals surface area contributed by atoms with E-state index in [1.807, 2.05) is 30.0 Å². The molecule has 26 heavy (non-hydrogen) atoms. The van der Waals surface area contributed by atoms with Crippen LogP contribution in [-0.4, -0.2) is 56.6 Å². The van der Waals surface area contributed by atoms with Crippen molar-refractivity contribution in [1.82, 2.24) is 15.5 Å². The molecule has 2 rings (SSSR count). The predicted molar refractivity (Wildman–Crippen MR) is 117 cm³/mol. The maximum absolute atomic E-state index is 12.2. The number of nitrogens with one attached hydrogen (secondary N) is 2. The van der Waals surface area contributed by atoms with Gasteiger partial charge < -0.3 is 20.3 Å². The number of benzene rings is 1. The number of guanidine groups is 1. The molecule has 0 radical (unpaired) electrons. The van der Waals surface area contributed by atoms with Crippen LogP contribution in [0.25, 0.3) is 0 Å². The number of aliphatic imine (C=N–C) groups is 1. The monoisotopic (exact) mass is 474 g/mol. The number of likely N-dealkylation sites (tertiary alicyclic amines) is 1. The Bertz CT molecular complexity index is 574. The van der Waals surface area contributed by atoms with Crippen LogP contribution in [0.4, 0.5) is 0 Å². The van der Waals surface area contributed by atoms with Gasteiger partial charge in [0.25, 0.3) is 0 Å². The van der Waals surface area contributed by atoms with Gasteiger partial charge in [-0.1, -0.05) is 18.2 Å². The second-order valence-corrected chi connectivity index (χ2v) is 6.13. The number of carbonyl (C=O) groups is 1. The van der Waals surface area contributed by atoms with Crippen molar-refractivity contribution < 1.29 is 9.53 Å². The minimum atomic E-state index is 0. The number of hydrogen-bond acceptors (Lipinski definition) is 3. The van der Waals surface area contributed by atoms with Crippen molar-refractivity contribution in [2.24, 2.45) is 4.99 Å². The smallest absolute Gasteiger partial charge is 0.244 e. The van der Waals surface area contributed by atoms with Crippen molar-refractivity contribution in [1.29, 1.82) is 0 Å². The summed E-state index contributed by atoms with van der Waals surface area (Å²) >= 11 is 0. The Hall–Kier alpha value is -1.51. The zero-order valence-electron chi connectivity index (χ0n) is 15.8. The standard InChI is InChI=1S/C19H30N4O2.HI/c1-3-20-19(22-15-18(24)23-13-7-4-8-14-23)21-12-11-16-9-5-6-10-17(16)25-2;/h5-6,9-10H,3-4,7-8,11-15H2,1-2H3,(H2,20,21,22);1H. The minimum Gasteiger partial charge on any atom is -0.496 e. The van der Waals surface area contributed by atoms with Gasteiger partial charge in [-0.3, -0.25) is 4.79 Å². The lowest BCUT2D eigenvalue weighted by Gasteiger charge is -2.26. The summed E-state index contributed by atoms with van der Waals surface area (Å²) in [6.45, 7) is 5.44. The first-order chi connectivity index (χ1) is 12.2. The fraction of sp³-hybridized carbons (Fsp3) is 0.579. The SMILES string of the molecule is CCNC(=NCC(=O)N1CCCCC1)NCCc1ccccc1OC.I. The Balaban J connectivity index is 0.00000338. The third-order valence-corrected chi connectivity index (χ3v) is 4.30. The van der Waals surface area contributed by atoms with Gasteiger partial charge in [0, 0.05) is 26.2 Å². The summed E-state index contributed by atoms with van der Waals surface area (Å²) < 4.78 is 5.37. The number of carbonyl (C=O) groups excluding carboxylic acids is 1. The van der Waals surface area contributed by atoms with E-state index in [1.54, 1.807) is 7.11 Å². The normalized spacial score (nSPS) is 14.4. The molecule has 146 valence electrons. The molecule has 1 aromatic rings. The van der Waals surface area contributed by atoms with Crippen LogP contribution < -0.4 is 15.4 Å². The van der Waals surface area contributed by atoms with Crippen LogP contribution in [0.1, 0.15) is 31.7 Å². The predicted octanol–water partition coefficient (Wildman–Crippen LogP) is 2.42. The molecule has 1 saturated heterocycles. The van der Waals surface area contributed by atoms with Crippen molar-refractivity contribution in [3.8, 4) is 5.75 Å². The number of amides is 1. The molecule has 6 nitrogen and oxygen atoms in total. The molecule has 7 heteroatoms. The number of ether oxygens (including phenoxy) is 1. The third-order valence-electron chi connectivity index (χ3n) is 4.30. The average molecular weight is 474 g/mol. The van der Waals surface area contributed by atoms with Crippen LogP contribution in [0.15, 0.2) is 29.3 Å². The molecule has 0 unspecified atom stereocenters. The summed E-state index contributed by atoms with van der Waals surface area (Å²) in [5, 5.41) is 6.48. The highest BCUT2D eigenvalue weighted by Crippen LogP contribution is 2.17. The summed E-state index contributed by atoms with van der Waals surface area (Å²) in [6, 6.07) is 8.00. The van der Waals surface area contributed by atoms with Crippen molar-refractivity contribution in [3.63, 3.8) is 0 Å². The van der Waals surface area contributed by atoms with Crippen molar-refractivity contribution in [2.75, 3.05) is 39.8 Å². The van der Waals surface area contributed by atoms with Crippen molar-refractivity contribution in [2.45, 2.75) is 32.6 Å². The van der Waals surface area contributed by atoms with E-state index in [0.29, 0.717) is 5.96 Å². The maximum Gasteiger partial charge on any atom is 0.244 e. The zero-order chi connectivity index (χ0) is 17.9. The van der Waals surface area contributed by atoms with Crippen LogP contribution in [0.3, 0.4) is 0 Å². The molecule has 0 aromatic heterocycles. The van der Waals surface area contributed by atoms with Crippen LogP contribution in [0.5, 0.6) is 5.75 Å². The summed E-state index contributed by atoms with van der Waals surface area (Å²) in [5.74, 6) is 1.69. The van der Waals surface area contributed by atoms with E-state index in [4.69, 9.17) is 4.74 Å². The van der Waals surface area contributed by atoms with Crippen molar-refractivity contribution in [3.05, 3.63) is 29.8 Å². The number of piperidine rings is 1. The molecular formula is C19H31IN4O2. The van der Waals surface area contributed by atoms with Crippen LogP contribution in [0.2, 0.25) is 0 Å². The van der Waals surface area contributed by atoms with Gasteiger partial charge in [-0.05, 0) is 44.2 Å². The summed E-state index contributed by atoms with van der Waals surface area (Å²) in [4.78, 5) is 18.6. The third kappa shape index (κ3) is 7.39. The lowest BCUT2D eigenvalue weighted by molar-refractivity contribution is -0.130. The largest absolute Gasteiger partial charge is 0.496 e. The fourth-order valence-corrected chi connectivity index (χ4v) is 2.96. The highest BCUT2D eigenvalue weighted by molar-refractivity contribution is 14.0. The molecule has 0 bridgehead atoms. The van der Waals surface area contributed by atoms with Gasteiger partial charge >= 0.3 is 0 Å². The molecule has 2 N–H and O–H groups in total. The Morgan fingerprint density at radius 2 is 1.92 bits per heavy atom. The van der Waals surface area contributed by atoms with E-state index >= 15 is 0 Å². The molecular weight excluding hydrogens is 443 g/mol. The number of nitrogens with zero attached hydrogens (tertiary/aromatic N) is 2. The lowest BCUT2D eigenvalue weighted by Crippen LogP contribution is -2.41. The summed E-state index contributed by atoms with van der Waals surface area (Å²) in [5.41, 5.74) is 1.15. The molecule has 1 amide bonds. The number of methoxy groups -OCH3 is 1. The van der Waals surface area contributed by atoms with Crippen molar-refractivity contribution >= 4 is 35.8 Å². The maximum atomic E-state index is 12.2. The van der Waals surface area contributed by atoms with E-state index in [-0.39, 0.29) is 36.4 Å². The molecule has 0 aliphatic carbocycles. The van der Waals surface area contributed by atoms with E-state index in [1.165, 1.54) is 6.42 Å². The Kier molecular flexibility index (Phi) is 11.1. The van der Waals surface area contributed by atoms with Gasteiger partial charge in [0.15, 0.2) is 5.96 Å². The zero-order valence-corrected chi connectivity index (χ0v) is 18.1. The highest BCUT2D eigenvalue weighted by atomic mass is 127. The Morgan fingerprint density at radius 1 is 1.19 bits per heavy atom. The Morgan fingerprint density at radius 3 is 2.62 bits per heavy atom. The molecule has 0 atom stereocenters. The number of hydrogen-bond donors (Lipinski definition) is 2. The van der Waals surface area contributed by atoms with Crippen LogP contribution >= 0.6 is 24.0 Å². The molecule has 1 aromatic carbocycles. The molecule has 0 spiro atoms. The first-order valence-electron chi connectivity index (χ1n) is 9.16. The summed E-state index contributed by atoms with van der Waals surface area (Å²) in [6.07, 6.45) is 4.26. The van der Waals surface area contributed by atoms with Gasteiger partial charge in [0.05, 0.1) is 7.11 Å². The molecule has 1 fully saturated rings. The van der Waals surface area contributed by atoms with E-state index < -0.39 is 0 Å². The van der Waals surface area contributed by atoms with Crippen LogP contribution in [0, 0.1) is 0 Å². The highest BCUT2D eigenvalue weighted by Gasteiger charge is 2.15. The van der Waals surface area contributed by atoms with E-state index in [2.05, 4.69) is 21.7 Å². The Labute approximate surface area is 173 Å². The number of halogens is 1. The lowest BCUT2D eigenvalue weighted by atomic mass is 10.1. The molecule has 1 heterocycles. The summed E-state index contributed by atoms with van der Waals surface area (Å²) in [7, 11) is 1.68. The van der Waals surface area contributed by atoms with Gasteiger partial charge in [-0.2, -0.15) is 0 Å². The second kappa shape index (κ2) is 12.8. The van der Waals surface area contributed by atoms with E-state index in [9.17, 15) is 4.79 Å². The fourth-order valence-electron chi connectivity index (χ4n) is 2.96. The van der Waals surface area contributed by atoms with Gasteiger partial charge in [0.1, 0.15) is 12.3 Å². The molecule has 0 saturated carbocycles. The average Bonchev–Trinajstić information content (AvgIpc) is 2.67. The van der Waals surface area contributed by atoms with Gasteiger partial charge in [-0.25, -0.2) is 4.99 Å². The molecule has 1 aliphatic rings. The number of para-hydroxylation sites is 1. The van der Waals surface area contributed by atoms with Gasteiger partial charge in [-0.15, -0.1) is 24.0 Å². The van der Waals surface area contributed by atoms with Crippen LogP contribution in [-0.2, 0) is 11.2 Å². The topological polar surface area (TPSA) is 66.0 Å². The minimum absolute atomic E-state index is 0. The van der Waals surface area contributed by atoms with E-state index in [0.717, 1.165) is 56.8 Å². The second-order valence-electron chi connectivity index (χ2n) is 6.13. The first-order valence-corrected chi connectivity index (χ1v) is 9.16. The number of rotatable bonds is 7.